The van der Waals surface area contributed by atoms with Gasteiger partial charge in [0.05, 0.1) is 11.4 Å². The number of hydrogen-bond acceptors (Lipinski definition) is 6. The van der Waals surface area contributed by atoms with Crippen molar-refractivity contribution in [1.29, 1.82) is 0 Å². The van der Waals surface area contributed by atoms with E-state index in [0.29, 0.717) is 41.5 Å². The second-order valence-corrected chi connectivity index (χ2v) is 10.2. The lowest BCUT2D eigenvalue weighted by Gasteiger charge is -2.24. The van der Waals surface area contributed by atoms with Crippen LogP contribution in [0.1, 0.15) is 33.2 Å². The number of nitrogens with two attached hydrogens (primary N) is 1. The van der Waals surface area contributed by atoms with Gasteiger partial charge in [-0.3, -0.25) is 4.79 Å². The van der Waals surface area contributed by atoms with Crippen molar-refractivity contribution in [1.82, 2.24) is 19.7 Å². The Balaban J connectivity index is 1.48. The zero-order valence-electron chi connectivity index (χ0n) is 21.1. The van der Waals surface area contributed by atoms with E-state index in [9.17, 15) is 18.4 Å². The quantitative estimate of drug-likeness (QED) is 0.379. The maximum absolute atomic E-state index is 14.0. The van der Waals surface area contributed by atoms with Crippen LogP contribution in [0.4, 0.5) is 19.4 Å². The number of H-pyrrole nitrogens is 1. The Morgan fingerprint density at radius 2 is 1.82 bits per heavy atom. The van der Waals surface area contributed by atoms with Crippen LogP contribution in [0.15, 0.2) is 53.5 Å². The van der Waals surface area contributed by atoms with Crippen molar-refractivity contribution in [3.8, 4) is 22.6 Å². The maximum Gasteiger partial charge on any atom is 0.410 e. The lowest BCUT2D eigenvalue weighted by molar-refractivity contribution is 0.0289. The van der Waals surface area contributed by atoms with Crippen molar-refractivity contribution in [2.75, 3.05) is 18.8 Å². The third-order valence-corrected chi connectivity index (χ3v) is 6.29. The highest BCUT2D eigenvalue weighted by molar-refractivity contribution is 6.02. The lowest BCUT2D eigenvalue weighted by Crippen LogP contribution is -2.35. The second kappa shape index (κ2) is 9.47. The van der Waals surface area contributed by atoms with Gasteiger partial charge in [-0.15, -0.1) is 0 Å². The van der Waals surface area contributed by atoms with E-state index < -0.39 is 34.6 Å². The summed E-state index contributed by atoms with van der Waals surface area (Å²) in [7, 11) is 0. The minimum absolute atomic E-state index is 0.143. The summed E-state index contributed by atoms with van der Waals surface area (Å²) in [5.41, 5.74) is 6.85. The van der Waals surface area contributed by atoms with Crippen molar-refractivity contribution in [2.45, 2.75) is 38.8 Å². The van der Waals surface area contributed by atoms with E-state index >= 15 is 0 Å². The summed E-state index contributed by atoms with van der Waals surface area (Å²) in [6.07, 6.45) is 2.02. The first-order chi connectivity index (χ1) is 18.0. The fourth-order valence-electron chi connectivity index (χ4n) is 4.60. The fourth-order valence-corrected chi connectivity index (χ4v) is 4.60. The monoisotopic (exact) mass is 523 g/mol. The second-order valence-electron chi connectivity index (χ2n) is 10.2. The molecule has 198 valence electrons. The number of ether oxygens (including phenoxy) is 2. The molecule has 1 amide bonds. The van der Waals surface area contributed by atoms with Crippen molar-refractivity contribution in [3.63, 3.8) is 0 Å². The third kappa shape index (κ3) is 4.79. The number of fused-ring (bicyclic) bond motifs is 1. The van der Waals surface area contributed by atoms with Gasteiger partial charge in [-0.1, -0.05) is 18.2 Å². The smallest absolute Gasteiger partial charge is 0.410 e. The minimum atomic E-state index is -0.813. The van der Waals surface area contributed by atoms with Crippen LogP contribution in [0.5, 0.6) is 11.5 Å². The summed E-state index contributed by atoms with van der Waals surface area (Å²) < 4.78 is 40.7. The first-order valence-corrected chi connectivity index (χ1v) is 12.1. The van der Waals surface area contributed by atoms with Gasteiger partial charge >= 0.3 is 6.09 Å². The molecule has 1 aliphatic heterocycles. The van der Waals surface area contributed by atoms with E-state index in [4.69, 9.17) is 15.2 Å². The number of benzene rings is 2. The number of halogens is 2. The molecule has 1 saturated heterocycles. The molecule has 9 nitrogen and oxygen atoms in total. The number of amides is 1. The number of anilines is 1. The Bertz CT molecular complexity index is 1550. The number of aromatic amines is 1. The average molecular weight is 524 g/mol. The standard InChI is InChI=1S/C27H27F2N5O4/c1-27(2,3)38-26(36)33-12-11-16(13-33)34-14-18(21-22(34)25(35)32-31-24(21)30)15-7-9-17(10-8-15)37-23-19(28)5-4-6-20(23)29/h4-10,14,16H,11-13H2,1-3H3,(H2,30,31)(H,32,35)/t16-/m1/s1. The van der Waals surface area contributed by atoms with Crippen LogP contribution >= 0.6 is 0 Å². The van der Waals surface area contributed by atoms with Crippen LogP contribution in [0, 0.1) is 11.6 Å². The van der Waals surface area contributed by atoms with Gasteiger partial charge in [0, 0.05) is 24.8 Å². The number of nitrogens with zero attached hydrogens (tertiary/aromatic N) is 3. The summed E-state index contributed by atoms with van der Waals surface area (Å²) in [5, 5.41) is 6.85. The normalized spacial score (nSPS) is 15.7. The molecule has 0 radical (unpaired) electrons. The van der Waals surface area contributed by atoms with Crippen LogP contribution in [-0.4, -0.2) is 44.4 Å². The highest BCUT2D eigenvalue weighted by Crippen LogP contribution is 2.37. The van der Waals surface area contributed by atoms with Crippen LogP contribution in [-0.2, 0) is 4.74 Å². The van der Waals surface area contributed by atoms with E-state index in [2.05, 4.69) is 10.2 Å². The Kier molecular flexibility index (Phi) is 6.29. The number of likely N-dealkylation sites (tertiary alicyclic amines) is 1. The molecular weight excluding hydrogens is 496 g/mol. The van der Waals surface area contributed by atoms with Crippen molar-refractivity contribution in [2.24, 2.45) is 0 Å². The molecule has 0 aliphatic carbocycles. The molecule has 11 heteroatoms. The van der Waals surface area contributed by atoms with Crippen LogP contribution < -0.4 is 16.0 Å². The summed E-state index contributed by atoms with van der Waals surface area (Å²) in [5.74, 6) is -1.75. The number of para-hydroxylation sites is 1. The number of carbonyl (C=O) groups is 1. The van der Waals surface area contributed by atoms with Gasteiger partial charge in [-0.25, -0.2) is 18.7 Å². The van der Waals surface area contributed by atoms with Gasteiger partial charge in [0.15, 0.2) is 23.2 Å². The molecule has 0 bridgehead atoms. The van der Waals surface area contributed by atoms with Gasteiger partial charge < -0.3 is 24.7 Å². The molecule has 0 unspecified atom stereocenters. The molecule has 5 rings (SSSR count). The van der Waals surface area contributed by atoms with Crippen LogP contribution in [0.25, 0.3) is 22.0 Å². The molecule has 38 heavy (non-hydrogen) atoms. The number of aromatic nitrogens is 3. The molecular formula is C27H27F2N5O4. The number of nitrogens with one attached hydrogen (secondary N) is 1. The zero-order valence-corrected chi connectivity index (χ0v) is 21.1. The lowest BCUT2D eigenvalue weighted by atomic mass is 10.1. The molecule has 3 N–H and O–H groups in total. The fraction of sp³-hybridized carbons (Fsp3) is 0.296. The summed E-state index contributed by atoms with van der Waals surface area (Å²) in [6, 6.07) is 9.85. The molecule has 1 aliphatic rings. The zero-order chi connectivity index (χ0) is 27.2. The van der Waals surface area contributed by atoms with Crippen molar-refractivity contribution < 1.29 is 23.0 Å². The minimum Gasteiger partial charge on any atom is -0.451 e. The first kappa shape index (κ1) is 25.2. The number of carbonyl (C=O) groups excluding carboxylic acids is 1. The predicted molar refractivity (Wildman–Crippen MR) is 138 cm³/mol. The van der Waals surface area contributed by atoms with E-state index in [0.717, 1.165) is 12.1 Å². The van der Waals surface area contributed by atoms with E-state index in [1.807, 2.05) is 31.5 Å². The van der Waals surface area contributed by atoms with Gasteiger partial charge in [0.2, 0.25) is 0 Å². The summed E-state index contributed by atoms with van der Waals surface area (Å²) >= 11 is 0. The first-order valence-electron chi connectivity index (χ1n) is 12.1. The average Bonchev–Trinajstić information content (AvgIpc) is 3.49. The molecule has 2 aromatic carbocycles. The molecule has 0 spiro atoms. The van der Waals surface area contributed by atoms with Crippen molar-refractivity contribution >= 4 is 22.8 Å². The number of rotatable bonds is 4. The SMILES string of the molecule is CC(C)(C)OC(=O)N1CC[C@@H](n2cc(-c3ccc(Oc4c(F)cccc4F)cc3)c3c(N)n[nH]c(=O)c32)C1. The van der Waals surface area contributed by atoms with E-state index in [-0.39, 0.29) is 17.6 Å². The van der Waals surface area contributed by atoms with E-state index in [1.54, 1.807) is 29.2 Å². The molecule has 0 saturated carbocycles. The topological polar surface area (TPSA) is 115 Å². The van der Waals surface area contributed by atoms with Gasteiger partial charge in [-0.2, -0.15) is 5.10 Å². The van der Waals surface area contributed by atoms with Crippen LogP contribution in [0.2, 0.25) is 0 Å². The van der Waals surface area contributed by atoms with E-state index in [1.165, 1.54) is 6.07 Å². The Hall–Kier alpha value is -4.41. The number of hydrogen-bond donors (Lipinski definition) is 2. The largest absolute Gasteiger partial charge is 0.451 e. The maximum atomic E-state index is 14.0. The molecule has 4 aromatic rings. The third-order valence-electron chi connectivity index (χ3n) is 6.29. The molecule has 3 heterocycles. The molecule has 1 fully saturated rings. The molecule has 1 atom stereocenters. The Labute approximate surface area is 216 Å². The summed E-state index contributed by atoms with van der Waals surface area (Å²) in [4.78, 5) is 27.1. The van der Waals surface area contributed by atoms with Gasteiger partial charge in [-0.05, 0) is 57.0 Å². The highest BCUT2D eigenvalue weighted by atomic mass is 19.1. The molecule has 2 aromatic heterocycles. The highest BCUT2D eigenvalue weighted by Gasteiger charge is 2.32. The van der Waals surface area contributed by atoms with Crippen LogP contribution in [0.3, 0.4) is 0 Å². The van der Waals surface area contributed by atoms with Crippen molar-refractivity contribution in [3.05, 3.63) is 70.6 Å². The Morgan fingerprint density at radius 3 is 2.47 bits per heavy atom. The summed E-state index contributed by atoms with van der Waals surface area (Å²) in [6.45, 7) is 6.26. The van der Waals surface area contributed by atoms with Gasteiger partial charge in [0.1, 0.15) is 16.9 Å². The predicted octanol–water partition coefficient (Wildman–Crippen LogP) is 5.23. The Morgan fingerprint density at radius 1 is 1.13 bits per heavy atom. The van der Waals surface area contributed by atoms with Gasteiger partial charge in [0.25, 0.3) is 5.56 Å². The number of nitrogen functional groups attached to an aromatic ring is 1.